The Hall–Kier alpha value is -1.61. The molecule has 1 aromatic carbocycles. The molecule has 0 heterocycles. The van der Waals surface area contributed by atoms with Crippen molar-refractivity contribution in [3.8, 4) is 5.75 Å². The Bertz CT molecular complexity index is 489. The van der Waals surface area contributed by atoms with Gasteiger partial charge in [0.1, 0.15) is 5.75 Å². The van der Waals surface area contributed by atoms with Crippen LogP contribution in [-0.2, 0) is 4.79 Å². The maximum absolute atomic E-state index is 12.1. The largest absolute Gasteiger partial charge is 0.426 e. The molecule has 3 rings (SSSR count). The van der Waals surface area contributed by atoms with Gasteiger partial charge in [-0.25, -0.2) is 0 Å². The quantitative estimate of drug-likeness (QED) is 0.492. The van der Waals surface area contributed by atoms with Crippen molar-refractivity contribution < 1.29 is 14.6 Å². The van der Waals surface area contributed by atoms with Crippen LogP contribution in [-0.4, -0.2) is 17.2 Å². The summed E-state index contributed by atoms with van der Waals surface area (Å²) in [5, 5.41) is 9.88. The summed E-state index contributed by atoms with van der Waals surface area (Å²) in [5.41, 5.74) is 1.13. The van der Waals surface area contributed by atoms with Gasteiger partial charge in [-0.2, -0.15) is 0 Å². The van der Waals surface area contributed by atoms with E-state index in [1.807, 2.05) is 31.2 Å². The standard InChI is InChI=1S/C15H16O3/c1-9-2-5-11(6-3-9)18-15(17)13-8-10-4-7-12(13)14(10)16/h2-7,10,12-14,16H,8H2,1H3. The van der Waals surface area contributed by atoms with Crippen molar-refractivity contribution in [1.82, 2.24) is 0 Å². The minimum atomic E-state index is -0.402. The highest BCUT2D eigenvalue weighted by molar-refractivity contribution is 5.76. The molecule has 18 heavy (non-hydrogen) atoms. The summed E-state index contributed by atoms with van der Waals surface area (Å²) in [6.45, 7) is 1.99. The fraction of sp³-hybridized carbons (Fsp3) is 0.400. The number of aliphatic hydroxyl groups is 1. The van der Waals surface area contributed by atoms with Gasteiger partial charge in [-0.1, -0.05) is 29.8 Å². The maximum Gasteiger partial charge on any atom is 0.315 e. The molecule has 1 saturated carbocycles. The van der Waals surface area contributed by atoms with E-state index >= 15 is 0 Å². The van der Waals surface area contributed by atoms with Crippen LogP contribution in [0.15, 0.2) is 36.4 Å². The van der Waals surface area contributed by atoms with Gasteiger partial charge in [0.25, 0.3) is 0 Å². The fourth-order valence-electron chi connectivity index (χ4n) is 2.88. The second-order valence-corrected chi connectivity index (χ2v) is 5.19. The zero-order valence-electron chi connectivity index (χ0n) is 10.2. The lowest BCUT2D eigenvalue weighted by Gasteiger charge is -2.16. The monoisotopic (exact) mass is 244 g/mol. The molecule has 4 atom stereocenters. The summed E-state index contributed by atoms with van der Waals surface area (Å²) in [4.78, 5) is 12.1. The smallest absolute Gasteiger partial charge is 0.315 e. The minimum absolute atomic E-state index is 0.0621. The van der Waals surface area contributed by atoms with Crippen molar-refractivity contribution in [2.45, 2.75) is 19.4 Å². The second-order valence-electron chi connectivity index (χ2n) is 5.19. The summed E-state index contributed by atoms with van der Waals surface area (Å²) >= 11 is 0. The first-order valence-corrected chi connectivity index (χ1v) is 6.30. The van der Waals surface area contributed by atoms with E-state index in [4.69, 9.17) is 4.74 Å². The van der Waals surface area contributed by atoms with Crippen molar-refractivity contribution in [3.05, 3.63) is 42.0 Å². The van der Waals surface area contributed by atoms with Crippen molar-refractivity contribution in [2.75, 3.05) is 0 Å². The lowest BCUT2D eigenvalue weighted by molar-refractivity contribution is -0.140. The highest BCUT2D eigenvalue weighted by atomic mass is 16.5. The molecule has 2 aliphatic rings. The van der Waals surface area contributed by atoms with E-state index in [9.17, 15) is 9.90 Å². The average molecular weight is 244 g/mol. The summed E-state index contributed by atoms with van der Waals surface area (Å²) in [7, 11) is 0. The Morgan fingerprint density at radius 2 is 2.00 bits per heavy atom. The normalized spacial score (nSPS) is 32.8. The van der Waals surface area contributed by atoms with E-state index in [-0.39, 0.29) is 23.7 Å². The van der Waals surface area contributed by atoms with Gasteiger partial charge in [-0.05, 0) is 25.5 Å². The number of esters is 1. The van der Waals surface area contributed by atoms with Gasteiger partial charge in [0.2, 0.25) is 0 Å². The molecule has 0 saturated heterocycles. The zero-order chi connectivity index (χ0) is 12.7. The van der Waals surface area contributed by atoms with Crippen molar-refractivity contribution in [3.63, 3.8) is 0 Å². The number of carbonyl (C=O) groups is 1. The van der Waals surface area contributed by atoms with Crippen LogP contribution < -0.4 is 4.74 Å². The van der Waals surface area contributed by atoms with E-state index in [0.717, 1.165) is 5.56 Å². The average Bonchev–Trinajstić information content (AvgIpc) is 2.88. The Labute approximate surface area is 106 Å². The summed E-state index contributed by atoms with van der Waals surface area (Å²) in [6.07, 6.45) is 4.25. The first-order valence-electron chi connectivity index (χ1n) is 6.30. The fourth-order valence-corrected chi connectivity index (χ4v) is 2.88. The van der Waals surface area contributed by atoms with Gasteiger partial charge in [-0.15, -0.1) is 0 Å². The molecule has 0 spiro atoms. The first-order chi connectivity index (χ1) is 8.65. The molecule has 0 amide bonds. The topological polar surface area (TPSA) is 46.5 Å². The molecule has 2 bridgehead atoms. The Morgan fingerprint density at radius 1 is 1.28 bits per heavy atom. The van der Waals surface area contributed by atoms with Crippen LogP contribution in [0.3, 0.4) is 0 Å². The summed E-state index contributed by atoms with van der Waals surface area (Å²) in [6, 6.07) is 7.43. The maximum atomic E-state index is 12.1. The molecule has 0 radical (unpaired) electrons. The third-order valence-electron chi connectivity index (χ3n) is 3.95. The number of benzene rings is 1. The number of rotatable bonds is 2. The number of fused-ring (bicyclic) bond motifs is 2. The van der Waals surface area contributed by atoms with Gasteiger partial charge in [-0.3, -0.25) is 4.79 Å². The molecular weight excluding hydrogens is 228 g/mol. The molecule has 3 heteroatoms. The summed E-state index contributed by atoms with van der Waals surface area (Å²) in [5.74, 6) is 0.219. The molecule has 2 aliphatic carbocycles. The Balaban J connectivity index is 1.69. The number of hydrogen-bond donors (Lipinski definition) is 1. The lowest BCUT2D eigenvalue weighted by atomic mass is 9.93. The number of aliphatic hydroxyl groups excluding tert-OH is 1. The lowest BCUT2D eigenvalue weighted by Crippen LogP contribution is -2.26. The molecule has 4 unspecified atom stereocenters. The van der Waals surface area contributed by atoms with E-state index in [1.54, 1.807) is 12.1 Å². The molecular formula is C15H16O3. The molecule has 1 fully saturated rings. The van der Waals surface area contributed by atoms with Crippen LogP contribution >= 0.6 is 0 Å². The Kier molecular flexibility index (Phi) is 2.71. The van der Waals surface area contributed by atoms with E-state index in [2.05, 4.69) is 0 Å². The molecule has 94 valence electrons. The molecule has 0 aliphatic heterocycles. The summed E-state index contributed by atoms with van der Waals surface area (Å²) < 4.78 is 5.37. The number of ether oxygens (including phenoxy) is 1. The second kappa shape index (κ2) is 4.25. The SMILES string of the molecule is Cc1ccc(OC(=O)C2CC3C=CC2C3O)cc1. The van der Waals surface area contributed by atoms with E-state index in [1.165, 1.54) is 0 Å². The van der Waals surface area contributed by atoms with Gasteiger partial charge >= 0.3 is 5.97 Å². The molecule has 1 N–H and O–H groups in total. The molecule has 3 nitrogen and oxygen atoms in total. The van der Waals surface area contributed by atoms with Gasteiger partial charge in [0.05, 0.1) is 12.0 Å². The van der Waals surface area contributed by atoms with Gasteiger partial charge in [0.15, 0.2) is 0 Å². The van der Waals surface area contributed by atoms with Crippen LogP contribution in [0.5, 0.6) is 5.75 Å². The van der Waals surface area contributed by atoms with Crippen LogP contribution in [0.2, 0.25) is 0 Å². The third kappa shape index (κ3) is 1.85. The predicted octanol–water partition coefficient (Wildman–Crippen LogP) is 2.08. The van der Waals surface area contributed by atoms with Crippen LogP contribution in [0.4, 0.5) is 0 Å². The number of hydrogen-bond acceptors (Lipinski definition) is 3. The molecule has 0 aromatic heterocycles. The number of aryl methyl sites for hydroxylation is 1. The molecule has 1 aromatic rings. The Morgan fingerprint density at radius 3 is 2.56 bits per heavy atom. The van der Waals surface area contributed by atoms with Gasteiger partial charge in [0, 0.05) is 11.8 Å². The van der Waals surface area contributed by atoms with Crippen molar-refractivity contribution in [1.29, 1.82) is 0 Å². The highest BCUT2D eigenvalue weighted by Gasteiger charge is 2.47. The third-order valence-corrected chi connectivity index (χ3v) is 3.95. The number of carbonyl (C=O) groups excluding carboxylic acids is 1. The zero-order valence-corrected chi connectivity index (χ0v) is 10.2. The minimum Gasteiger partial charge on any atom is -0.426 e. The predicted molar refractivity (Wildman–Crippen MR) is 67.0 cm³/mol. The van der Waals surface area contributed by atoms with Crippen LogP contribution in [0.25, 0.3) is 0 Å². The first kappa shape index (κ1) is 11.5. The van der Waals surface area contributed by atoms with E-state index in [0.29, 0.717) is 12.2 Å². The van der Waals surface area contributed by atoms with Crippen molar-refractivity contribution in [2.24, 2.45) is 17.8 Å². The van der Waals surface area contributed by atoms with E-state index < -0.39 is 6.10 Å². The highest BCUT2D eigenvalue weighted by Crippen LogP contribution is 2.44. The van der Waals surface area contributed by atoms with Crippen LogP contribution in [0.1, 0.15) is 12.0 Å². The van der Waals surface area contributed by atoms with Crippen LogP contribution in [0, 0.1) is 24.7 Å². The van der Waals surface area contributed by atoms with Crippen molar-refractivity contribution >= 4 is 5.97 Å². The van der Waals surface area contributed by atoms with Gasteiger partial charge < -0.3 is 9.84 Å².